The zero-order valence-corrected chi connectivity index (χ0v) is 19.1. The van der Waals surface area contributed by atoms with Crippen molar-refractivity contribution >= 4 is 23.2 Å². The molecule has 0 spiro atoms. The van der Waals surface area contributed by atoms with Crippen LogP contribution in [0.15, 0.2) is 48.7 Å². The molecule has 8 heteroatoms. The van der Waals surface area contributed by atoms with Gasteiger partial charge in [-0.3, -0.25) is 14.3 Å². The van der Waals surface area contributed by atoms with Gasteiger partial charge in [-0.25, -0.2) is 0 Å². The van der Waals surface area contributed by atoms with Gasteiger partial charge in [0.2, 0.25) is 0 Å². The largest absolute Gasteiger partial charge is 0.495 e. The highest BCUT2D eigenvalue weighted by Crippen LogP contribution is 2.33. The SMILES string of the molecule is COc1ccc(NC(=O)c2cnn3c2C(=O)N(c2ccc(CC4CC4)cc2)[C@@H](C)C3)cc1C#N. The number of nitriles is 1. The van der Waals surface area contributed by atoms with E-state index >= 15 is 0 Å². The van der Waals surface area contributed by atoms with E-state index in [2.05, 4.69) is 22.5 Å². The number of fused-ring (bicyclic) bond motifs is 1. The third-order valence-corrected chi connectivity index (χ3v) is 6.40. The summed E-state index contributed by atoms with van der Waals surface area (Å²) in [6.07, 6.45) is 5.10. The molecule has 2 aromatic carbocycles. The maximum Gasteiger partial charge on any atom is 0.277 e. The maximum atomic E-state index is 13.5. The van der Waals surface area contributed by atoms with Crippen LogP contribution in [0, 0.1) is 17.2 Å². The van der Waals surface area contributed by atoms with Crippen LogP contribution in [-0.2, 0) is 13.0 Å². The number of rotatable bonds is 6. The van der Waals surface area contributed by atoms with Gasteiger partial charge in [-0.2, -0.15) is 10.4 Å². The Labute approximate surface area is 197 Å². The zero-order chi connectivity index (χ0) is 23.8. The van der Waals surface area contributed by atoms with E-state index in [-0.39, 0.29) is 23.2 Å². The van der Waals surface area contributed by atoms with Crippen LogP contribution in [0.1, 0.15) is 51.7 Å². The molecule has 1 N–H and O–H groups in total. The quantitative estimate of drug-likeness (QED) is 0.605. The first-order valence-electron chi connectivity index (χ1n) is 11.4. The predicted octanol–water partition coefficient (Wildman–Crippen LogP) is 4.02. The van der Waals surface area contributed by atoms with E-state index in [1.807, 2.05) is 25.1 Å². The summed E-state index contributed by atoms with van der Waals surface area (Å²) in [6, 6.07) is 14.9. The van der Waals surface area contributed by atoms with Gasteiger partial charge in [0.1, 0.15) is 17.5 Å². The number of aromatic nitrogens is 2. The number of benzene rings is 2. The molecular formula is C26H25N5O3. The zero-order valence-electron chi connectivity index (χ0n) is 19.1. The highest BCUT2D eigenvalue weighted by atomic mass is 16.5. The number of nitrogens with one attached hydrogen (secondary N) is 1. The van der Waals surface area contributed by atoms with Gasteiger partial charge in [0.25, 0.3) is 11.8 Å². The molecule has 1 aliphatic heterocycles. The Hall–Kier alpha value is -4.12. The van der Waals surface area contributed by atoms with E-state index in [4.69, 9.17) is 4.74 Å². The van der Waals surface area contributed by atoms with Crippen LogP contribution < -0.4 is 15.0 Å². The van der Waals surface area contributed by atoms with Gasteiger partial charge in [0.15, 0.2) is 0 Å². The first-order valence-corrected chi connectivity index (χ1v) is 11.4. The average Bonchev–Trinajstić information content (AvgIpc) is 3.55. The standard InChI is InChI=1S/C26H25N5O3/c1-16-15-30-24(26(33)31(16)21-8-5-18(6-9-21)11-17-3-4-17)22(14-28-30)25(32)29-20-7-10-23(34-2)19(12-20)13-27/h5-10,12,14,16-17H,3-4,11,15H2,1-2H3,(H,29,32)/t16-/m0/s1. The molecule has 3 aromatic rings. The van der Waals surface area contributed by atoms with E-state index in [1.165, 1.54) is 37.8 Å². The van der Waals surface area contributed by atoms with Gasteiger partial charge < -0.3 is 15.0 Å². The highest BCUT2D eigenvalue weighted by Gasteiger charge is 2.36. The number of carbonyl (C=O) groups is 2. The molecule has 8 nitrogen and oxygen atoms in total. The van der Waals surface area contributed by atoms with Gasteiger partial charge in [0.05, 0.1) is 37.0 Å². The molecule has 2 aliphatic rings. The van der Waals surface area contributed by atoms with Gasteiger partial charge >= 0.3 is 0 Å². The lowest BCUT2D eigenvalue weighted by Gasteiger charge is -2.34. The van der Waals surface area contributed by atoms with Crippen LogP contribution in [0.3, 0.4) is 0 Å². The lowest BCUT2D eigenvalue weighted by Crippen LogP contribution is -2.47. The summed E-state index contributed by atoms with van der Waals surface area (Å²) in [5.74, 6) is 0.500. The topological polar surface area (TPSA) is 100 Å². The fourth-order valence-corrected chi connectivity index (χ4v) is 4.45. The number of methoxy groups -OCH3 is 1. The molecule has 0 unspecified atom stereocenters. The monoisotopic (exact) mass is 455 g/mol. The summed E-state index contributed by atoms with van der Waals surface area (Å²) < 4.78 is 6.74. The van der Waals surface area contributed by atoms with Gasteiger partial charge in [-0.05, 0) is 68.0 Å². The van der Waals surface area contributed by atoms with Crippen LogP contribution in [0.5, 0.6) is 5.75 Å². The highest BCUT2D eigenvalue weighted by molar-refractivity contribution is 6.15. The van der Waals surface area contributed by atoms with Crippen LogP contribution in [0.25, 0.3) is 0 Å². The van der Waals surface area contributed by atoms with Crippen molar-refractivity contribution in [1.82, 2.24) is 9.78 Å². The first-order chi connectivity index (χ1) is 16.5. The minimum Gasteiger partial charge on any atom is -0.495 e. The molecule has 172 valence electrons. The van der Waals surface area contributed by atoms with E-state index < -0.39 is 5.91 Å². The van der Waals surface area contributed by atoms with Crippen molar-refractivity contribution in [1.29, 1.82) is 5.26 Å². The van der Waals surface area contributed by atoms with Crippen LogP contribution in [-0.4, -0.2) is 34.7 Å². The molecule has 34 heavy (non-hydrogen) atoms. The number of anilines is 2. The van der Waals surface area contributed by atoms with Crippen molar-refractivity contribution in [3.63, 3.8) is 0 Å². The number of carbonyl (C=O) groups excluding carboxylic acids is 2. The Morgan fingerprint density at radius 2 is 2.00 bits per heavy atom. The Bertz CT molecular complexity index is 1300. The Morgan fingerprint density at radius 3 is 2.68 bits per heavy atom. The molecule has 2 heterocycles. The smallest absolute Gasteiger partial charge is 0.277 e. The molecule has 0 bridgehead atoms. The van der Waals surface area contributed by atoms with Gasteiger partial charge in [-0.1, -0.05) is 12.1 Å². The Kier molecular flexibility index (Phi) is 5.54. The van der Waals surface area contributed by atoms with E-state index in [1.54, 1.807) is 21.7 Å². The maximum absolute atomic E-state index is 13.5. The summed E-state index contributed by atoms with van der Waals surface area (Å²) in [7, 11) is 1.48. The summed E-state index contributed by atoms with van der Waals surface area (Å²) in [6.45, 7) is 2.46. The van der Waals surface area contributed by atoms with E-state index in [0.29, 0.717) is 23.5 Å². The molecule has 2 amide bonds. The molecule has 1 fully saturated rings. The fraction of sp³-hybridized carbons (Fsp3) is 0.308. The number of nitrogens with zero attached hydrogens (tertiary/aromatic N) is 4. The summed E-state index contributed by atoms with van der Waals surface area (Å²) in [5, 5.41) is 16.4. The summed E-state index contributed by atoms with van der Waals surface area (Å²) in [5.41, 5.74) is 3.28. The number of ether oxygens (including phenoxy) is 1. The van der Waals surface area contributed by atoms with Crippen molar-refractivity contribution in [3.05, 3.63) is 71.0 Å². The van der Waals surface area contributed by atoms with E-state index in [9.17, 15) is 14.9 Å². The van der Waals surface area contributed by atoms with Crippen molar-refractivity contribution in [2.45, 2.75) is 38.8 Å². The second-order valence-corrected chi connectivity index (χ2v) is 8.91. The third-order valence-electron chi connectivity index (χ3n) is 6.40. The molecule has 1 aromatic heterocycles. The summed E-state index contributed by atoms with van der Waals surface area (Å²) >= 11 is 0. The van der Waals surface area contributed by atoms with Crippen LogP contribution >= 0.6 is 0 Å². The van der Waals surface area contributed by atoms with Crippen molar-refractivity contribution in [2.75, 3.05) is 17.3 Å². The Balaban J connectivity index is 1.39. The lowest BCUT2D eigenvalue weighted by molar-refractivity contribution is 0.0933. The molecule has 1 atom stereocenters. The molecule has 0 radical (unpaired) electrons. The second-order valence-electron chi connectivity index (χ2n) is 8.91. The Morgan fingerprint density at radius 1 is 1.24 bits per heavy atom. The first kappa shape index (κ1) is 21.7. The molecule has 1 aliphatic carbocycles. The van der Waals surface area contributed by atoms with Crippen LogP contribution in [0.4, 0.5) is 11.4 Å². The average molecular weight is 456 g/mol. The number of hydrogen-bond acceptors (Lipinski definition) is 5. The van der Waals surface area contributed by atoms with E-state index in [0.717, 1.165) is 18.0 Å². The number of hydrogen-bond donors (Lipinski definition) is 1. The fourth-order valence-electron chi connectivity index (χ4n) is 4.45. The number of amides is 2. The molecular weight excluding hydrogens is 430 g/mol. The molecule has 1 saturated carbocycles. The minimum absolute atomic E-state index is 0.107. The summed E-state index contributed by atoms with van der Waals surface area (Å²) in [4.78, 5) is 28.4. The van der Waals surface area contributed by atoms with Crippen molar-refractivity contribution in [3.8, 4) is 11.8 Å². The normalized spacial score (nSPS) is 17.1. The molecule has 0 saturated heterocycles. The lowest BCUT2D eigenvalue weighted by atomic mass is 10.1. The molecule has 5 rings (SSSR count). The van der Waals surface area contributed by atoms with Gasteiger partial charge in [-0.15, -0.1) is 0 Å². The van der Waals surface area contributed by atoms with Crippen molar-refractivity contribution < 1.29 is 14.3 Å². The van der Waals surface area contributed by atoms with Gasteiger partial charge in [0, 0.05) is 11.4 Å². The third kappa shape index (κ3) is 4.01. The van der Waals surface area contributed by atoms with Crippen LogP contribution in [0.2, 0.25) is 0 Å². The predicted molar refractivity (Wildman–Crippen MR) is 127 cm³/mol. The van der Waals surface area contributed by atoms with Crippen molar-refractivity contribution in [2.24, 2.45) is 5.92 Å². The second kappa shape index (κ2) is 8.67. The minimum atomic E-state index is -0.460.